The largest absolute Gasteiger partial charge is 0.478 e. The Morgan fingerprint density at radius 3 is 2.18 bits per heavy atom. The summed E-state index contributed by atoms with van der Waals surface area (Å²) in [6.07, 6.45) is 2.23. The fourth-order valence-electron chi connectivity index (χ4n) is 2.10. The zero-order valence-corrected chi connectivity index (χ0v) is 12.8. The maximum absolute atomic E-state index is 10.8. The van der Waals surface area contributed by atoms with Gasteiger partial charge in [-0.15, -0.1) is 0 Å². The van der Waals surface area contributed by atoms with Crippen molar-refractivity contribution in [1.82, 2.24) is 0 Å². The molecule has 0 unspecified atom stereocenters. The predicted molar refractivity (Wildman–Crippen MR) is 89.7 cm³/mol. The highest BCUT2D eigenvalue weighted by atomic mass is 16.4. The average molecular weight is 296 g/mol. The van der Waals surface area contributed by atoms with Crippen molar-refractivity contribution in [3.63, 3.8) is 0 Å². The van der Waals surface area contributed by atoms with Crippen LogP contribution in [0, 0.1) is 0 Å². The third-order valence-corrected chi connectivity index (χ3v) is 3.39. The first-order valence-corrected chi connectivity index (χ1v) is 7.33. The molecule has 114 valence electrons. The van der Waals surface area contributed by atoms with Crippen LogP contribution < -0.4 is 5.43 Å². The number of nitrogens with one attached hydrogen (secondary N) is 1. The first-order valence-electron chi connectivity index (χ1n) is 7.33. The summed E-state index contributed by atoms with van der Waals surface area (Å²) in [6, 6.07) is 14.9. The van der Waals surface area contributed by atoms with Crippen molar-refractivity contribution in [2.45, 2.75) is 26.7 Å². The highest BCUT2D eigenvalue weighted by Gasteiger charge is 2.02. The fourth-order valence-corrected chi connectivity index (χ4v) is 2.10. The van der Waals surface area contributed by atoms with Crippen LogP contribution in [0.25, 0.3) is 0 Å². The van der Waals surface area contributed by atoms with Crippen LogP contribution in [0.15, 0.2) is 53.6 Å². The Hall–Kier alpha value is -2.62. The second-order valence-electron chi connectivity index (χ2n) is 5.14. The average Bonchev–Trinajstić information content (AvgIpc) is 2.54. The molecule has 0 saturated carbocycles. The number of nitrogens with zero attached hydrogens (tertiary/aromatic N) is 1. The molecule has 4 heteroatoms. The Labute approximate surface area is 130 Å². The van der Waals surface area contributed by atoms with Gasteiger partial charge in [-0.3, -0.25) is 5.43 Å². The van der Waals surface area contributed by atoms with Crippen LogP contribution in [0.3, 0.4) is 0 Å². The SMILES string of the molecule is CCCc1ccc(C(C)=NNc2ccc(C(=O)O)cc2)cc1. The van der Waals surface area contributed by atoms with E-state index in [1.807, 2.05) is 6.92 Å². The van der Waals surface area contributed by atoms with Crippen molar-refractivity contribution >= 4 is 17.4 Å². The molecule has 2 rings (SSSR count). The number of rotatable bonds is 6. The summed E-state index contributed by atoms with van der Waals surface area (Å²) in [7, 11) is 0. The van der Waals surface area contributed by atoms with Crippen molar-refractivity contribution in [3.8, 4) is 0 Å². The van der Waals surface area contributed by atoms with Crippen molar-refractivity contribution in [2.75, 3.05) is 5.43 Å². The van der Waals surface area contributed by atoms with Gasteiger partial charge in [-0.25, -0.2) is 4.79 Å². The maximum atomic E-state index is 10.8. The van der Waals surface area contributed by atoms with E-state index in [-0.39, 0.29) is 5.56 Å². The molecule has 0 atom stereocenters. The standard InChI is InChI=1S/C18H20N2O2/c1-3-4-14-5-7-15(8-6-14)13(2)19-20-17-11-9-16(10-12-17)18(21)22/h5-12,20H,3-4H2,1-2H3,(H,21,22). The second-order valence-corrected chi connectivity index (χ2v) is 5.14. The molecule has 4 nitrogen and oxygen atoms in total. The number of carboxylic acids is 1. The van der Waals surface area contributed by atoms with E-state index < -0.39 is 5.97 Å². The zero-order valence-electron chi connectivity index (χ0n) is 12.8. The van der Waals surface area contributed by atoms with Gasteiger partial charge in [0, 0.05) is 0 Å². The molecular formula is C18H20N2O2. The third-order valence-electron chi connectivity index (χ3n) is 3.39. The van der Waals surface area contributed by atoms with Crippen LogP contribution in [0.2, 0.25) is 0 Å². The molecule has 2 aromatic rings. The molecule has 0 saturated heterocycles. The highest BCUT2D eigenvalue weighted by molar-refractivity contribution is 5.99. The molecule has 0 fully saturated rings. The maximum Gasteiger partial charge on any atom is 0.335 e. The number of carbonyl (C=O) groups is 1. The van der Waals surface area contributed by atoms with Crippen molar-refractivity contribution < 1.29 is 9.90 Å². The minimum Gasteiger partial charge on any atom is -0.478 e. The van der Waals surface area contributed by atoms with Gasteiger partial charge in [0.25, 0.3) is 0 Å². The molecular weight excluding hydrogens is 276 g/mol. The van der Waals surface area contributed by atoms with Gasteiger partial charge in [-0.2, -0.15) is 5.10 Å². The summed E-state index contributed by atoms with van der Waals surface area (Å²) in [6.45, 7) is 4.10. The lowest BCUT2D eigenvalue weighted by atomic mass is 10.1. The number of hydrazone groups is 1. The molecule has 0 heterocycles. The Morgan fingerprint density at radius 2 is 1.64 bits per heavy atom. The van der Waals surface area contributed by atoms with E-state index in [2.05, 4.69) is 41.7 Å². The molecule has 0 bridgehead atoms. The Kier molecular flexibility index (Phi) is 5.31. The number of benzene rings is 2. The normalized spacial score (nSPS) is 11.3. The summed E-state index contributed by atoms with van der Waals surface area (Å²) in [5.74, 6) is -0.932. The van der Waals surface area contributed by atoms with Crippen LogP contribution >= 0.6 is 0 Å². The van der Waals surface area contributed by atoms with E-state index >= 15 is 0 Å². The smallest absolute Gasteiger partial charge is 0.335 e. The van der Waals surface area contributed by atoms with E-state index in [1.165, 1.54) is 5.56 Å². The first kappa shape index (κ1) is 15.8. The summed E-state index contributed by atoms with van der Waals surface area (Å²) < 4.78 is 0. The Bertz CT molecular complexity index is 658. The Balaban J connectivity index is 2.03. The number of aryl methyl sites for hydroxylation is 1. The summed E-state index contributed by atoms with van der Waals surface area (Å²) in [4.78, 5) is 10.8. The Morgan fingerprint density at radius 1 is 1.05 bits per heavy atom. The van der Waals surface area contributed by atoms with Crippen molar-refractivity contribution in [3.05, 3.63) is 65.2 Å². The molecule has 0 spiro atoms. The van der Waals surface area contributed by atoms with E-state index in [0.717, 1.165) is 29.8 Å². The van der Waals surface area contributed by atoms with Crippen molar-refractivity contribution in [1.29, 1.82) is 0 Å². The van der Waals surface area contributed by atoms with E-state index in [9.17, 15) is 4.79 Å². The lowest BCUT2D eigenvalue weighted by Gasteiger charge is -2.05. The van der Waals surface area contributed by atoms with Crippen LogP contribution in [-0.4, -0.2) is 16.8 Å². The molecule has 0 radical (unpaired) electrons. The fraction of sp³-hybridized carbons (Fsp3) is 0.222. The molecule has 0 aliphatic heterocycles. The quantitative estimate of drug-likeness (QED) is 0.621. The van der Waals surface area contributed by atoms with Gasteiger partial charge in [0.15, 0.2) is 0 Å². The number of hydrogen-bond acceptors (Lipinski definition) is 3. The van der Waals surface area contributed by atoms with Crippen LogP contribution in [0.1, 0.15) is 41.8 Å². The van der Waals surface area contributed by atoms with Crippen LogP contribution in [-0.2, 0) is 6.42 Å². The number of carboxylic acid groups (broad SMARTS) is 1. The van der Waals surface area contributed by atoms with E-state index in [4.69, 9.17) is 5.11 Å². The molecule has 22 heavy (non-hydrogen) atoms. The number of aromatic carboxylic acids is 1. The number of anilines is 1. The van der Waals surface area contributed by atoms with Crippen LogP contribution in [0.5, 0.6) is 0 Å². The second kappa shape index (κ2) is 7.41. The summed E-state index contributed by atoms with van der Waals surface area (Å²) >= 11 is 0. The monoisotopic (exact) mass is 296 g/mol. The van der Waals surface area contributed by atoms with Gasteiger partial charge in [0.1, 0.15) is 0 Å². The number of hydrogen-bond donors (Lipinski definition) is 2. The molecule has 0 amide bonds. The minimum atomic E-state index is -0.932. The first-order chi connectivity index (χ1) is 10.6. The van der Waals surface area contributed by atoms with Gasteiger partial charge in [-0.05, 0) is 48.7 Å². The third kappa shape index (κ3) is 4.19. The van der Waals surface area contributed by atoms with Crippen LogP contribution in [0.4, 0.5) is 5.69 Å². The van der Waals surface area contributed by atoms with E-state index in [0.29, 0.717) is 0 Å². The molecule has 2 N–H and O–H groups in total. The zero-order chi connectivity index (χ0) is 15.9. The topological polar surface area (TPSA) is 61.7 Å². The minimum absolute atomic E-state index is 0.262. The molecule has 0 aromatic heterocycles. The summed E-state index contributed by atoms with van der Waals surface area (Å²) in [5, 5.41) is 13.2. The summed E-state index contributed by atoms with van der Waals surface area (Å²) in [5.41, 5.74) is 7.24. The predicted octanol–water partition coefficient (Wildman–Crippen LogP) is 4.17. The lowest BCUT2D eigenvalue weighted by molar-refractivity contribution is 0.0697. The van der Waals surface area contributed by atoms with E-state index in [1.54, 1.807) is 24.3 Å². The molecule has 0 aliphatic carbocycles. The highest BCUT2D eigenvalue weighted by Crippen LogP contribution is 2.11. The van der Waals surface area contributed by atoms with Gasteiger partial charge in [0.05, 0.1) is 17.0 Å². The van der Waals surface area contributed by atoms with Gasteiger partial charge in [-0.1, -0.05) is 37.6 Å². The van der Waals surface area contributed by atoms with Gasteiger partial charge in [0.2, 0.25) is 0 Å². The van der Waals surface area contributed by atoms with Crippen molar-refractivity contribution in [2.24, 2.45) is 5.10 Å². The lowest BCUT2D eigenvalue weighted by Crippen LogP contribution is -2.01. The van der Waals surface area contributed by atoms with Gasteiger partial charge < -0.3 is 5.11 Å². The van der Waals surface area contributed by atoms with Gasteiger partial charge >= 0.3 is 5.97 Å². The molecule has 0 aliphatic rings. The molecule has 2 aromatic carbocycles.